The van der Waals surface area contributed by atoms with Crippen molar-refractivity contribution in [3.8, 4) is 16.9 Å². The highest BCUT2D eigenvalue weighted by Crippen LogP contribution is 2.31. The van der Waals surface area contributed by atoms with Crippen molar-refractivity contribution < 1.29 is 22.7 Å². The second kappa shape index (κ2) is 7.45. The molecule has 5 nitrogen and oxygen atoms in total. The lowest BCUT2D eigenvalue weighted by Gasteiger charge is -2.13. The summed E-state index contributed by atoms with van der Waals surface area (Å²) in [6.45, 7) is 1.67. The van der Waals surface area contributed by atoms with E-state index in [0.717, 1.165) is 0 Å². The standard InChI is InChI=1S/C19H14F3N3O2/c1-12-17(24-11-10-23-12)18(26)25-16-5-3-2-4-15(16)13-6-8-14(9-7-13)27-19(20,21)22/h2-11H,1H3,(H,25,26). The van der Waals surface area contributed by atoms with Gasteiger partial charge in [-0.1, -0.05) is 30.3 Å². The van der Waals surface area contributed by atoms with Gasteiger partial charge in [-0.3, -0.25) is 9.78 Å². The van der Waals surface area contributed by atoms with Crippen LogP contribution in [0.25, 0.3) is 11.1 Å². The molecule has 1 N–H and O–H groups in total. The number of hydrogen-bond acceptors (Lipinski definition) is 4. The number of aromatic nitrogens is 2. The summed E-state index contributed by atoms with van der Waals surface area (Å²) in [6, 6.07) is 12.3. The van der Waals surface area contributed by atoms with E-state index in [1.807, 2.05) is 0 Å². The van der Waals surface area contributed by atoms with Crippen LogP contribution < -0.4 is 10.1 Å². The first kappa shape index (κ1) is 18.4. The van der Waals surface area contributed by atoms with Crippen molar-refractivity contribution in [1.82, 2.24) is 9.97 Å². The van der Waals surface area contributed by atoms with Crippen LogP contribution in [0.2, 0.25) is 0 Å². The summed E-state index contributed by atoms with van der Waals surface area (Å²) in [5, 5.41) is 2.77. The molecule has 1 aromatic heterocycles. The van der Waals surface area contributed by atoms with E-state index < -0.39 is 12.3 Å². The Balaban J connectivity index is 1.86. The first-order chi connectivity index (χ1) is 12.8. The molecule has 0 bridgehead atoms. The van der Waals surface area contributed by atoms with Gasteiger partial charge >= 0.3 is 6.36 Å². The van der Waals surface area contributed by atoms with Gasteiger partial charge in [0.25, 0.3) is 5.91 Å². The number of para-hydroxylation sites is 1. The lowest BCUT2D eigenvalue weighted by molar-refractivity contribution is -0.274. The third-order valence-electron chi connectivity index (χ3n) is 3.67. The maximum atomic E-state index is 12.5. The molecule has 8 heteroatoms. The Morgan fingerprint density at radius 1 is 1.00 bits per heavy atom. The average molecular weight is 373 g/mol. The molecule has 0 aliphatic rings. The molecule has 27 heavy (non-hydrogen) atoms. The summed E-state index contributed by atoms with van der Waals surface area (Å²) in [5.74, 6) is -0.743. The fourth-order valence-electron chi connectivity index (χ4n) is 2.49. The summed E-state index contributed by atoms with van der Waals surface area (Å²) >= 11 is 0. The van der Waals surface area contributed by atoms with Crippen LogP contribution in [-0.2, 0) is 0 Å². The number of nitrogens with one attached hydrogen (secondary N) is 1. The maximum absolute atomic E-state index is 12.5. The number of amides is 1. The number of carbonyl (C=O) groups excluding carboxylic acids is 1. The van der Waals surface area contributed by atoms with Crippen LogP contribution >= 0.6 is 0 Å². The van der Waals surface area contributed by atoms with E-state index in [1.165, 1.54) is 36.7 Å². The lowest BCUT2D eigenvalue weighted by atomic mass is 10.0. The Hall–Kier alpha value is -3.42. The van der Waals surface area contributed by atoms with Crippen molar-refractivity contribution in [2.24, 2.45) is 0 Å². The van der Waals surface area contributed by atoms with Gasteiger partial charge in [-0.15, -0.1) is 13.2 Å². The molecule has 138 valence electrons. The highest BCUT2D eigenvalue weighted by atomic mass is 19.4. The number of rotatable bonds is 4. The minimum atomic E-state index is -4.75. The molecule has 0 atom stereocenters. The third kappa shape index (κ3) is 4.60. The predicted molar refractivity (Wildman–Crippen MR) is 93.3 cm³/mol. The summed E-state index contributed by atoms with van der Waals surface area (Å²) < 4.78 is 40.7. The molecule has 1 amide bonds. The number of aryl methyl sites for hydroxylation is 1. The summed E-state index contributed by atoms with van der Waals surface area (Å²) in [5.41, 5.74) is 2.45. The monoisotopic (exact) mass is 373 g/mol. The molecule has 0 spiro atoms. The van der Waals surface area contributed by atoms with Crippen LogP contribution in [0.5, 0.6) is 5.75 Å². The van der Waals surface area contributed by atoms with E-state index in [9.17, 15) is 18.0 Å². The number of nitrogens with zero attached hydrogens (tertiary/aromatic N) is 2. The molecule has 3 aromatic rings. The first-order valence-electron chi connectivity index (χ1n) is 7.87. The Kier molecular flexibility index (Phi) is 5.07. The normalized spacial score (nSPS) is 11.1. The van der Waals surface area contributed by atoms with Gasteiger partial charge in [0.05, 0.1) is 5.69 Å². The highest BCUT2D eigenvalue weighted by molar-refractivity contribution is 6.05. The number of benzene rings is 2. The minimum Gasteiger partial charge on any atom is -0.406 e. The van der Waals surface area contributed by atoms with Crippen molar-refractivity contribution in [3.63, 3.8) is 0 Å². The fourth-order valence-corrected chi connectivity index (χ4v) is 2.49. The average Bonchev–Trinajstić information content (AvgIpc) is 2.62. The van der Waals surface area contributed by atoms with Gasteiger partial charge in [0.1, 0.15) is 11.4 Å². The van der Waals surface area contributed by atoms with Gasteiger partial charge in [0, 0.05) is 23.6 Å². The van der Waals surface area contributed by atoms with E-state index in [2.05, 4.69) is 20.0 Å². The van der Waals surface area contributed by atoms with Crippen LogP contribution in [0, 0.1) is 6.92 Å². The van der Waals surface area contributed by atoms with Gasteiger partial charge in [-0.2, -0.15) is 0 Å². The summed E-state index contributed by atoms with van der Waals surface area (Å²) in [4.78, 5) is 20.5. The quantitative estimate of drug-likeness (QED) is 0.726. The van der Waals surface area contributed by atoms with Gasteiger partial charge in [0.15, 0.2) is 0 Å². The Bertz CT molecular complexity index is 957. The molecule has 0 unspecified atom stereocenters. The SMILES string of the molecule is Cc1nccnc1C(=O)Nc1ccccc1-c1ccc(OC(F)(F)F)cc1. The van der Waals surface area contributed by atoms with Crippen molar-refractivity contribution in [2.75, 3.05) is 5.32 Å². The lowest BCUT2D eigenvalue weighted by Crippen LogP contribution is -2.17. The van der Waals surface area contributed by atoms with Crippen molar-refractivity contribution >= 4 is 11.6 Å². The van der Waals surface area contributed by atoms with Crippen molar-refractivity contribution in [3.05, 3.63) is 72.3 Å². The van der Waals surface area contributed by atoms with Crippen LogP contribution in [0.4, 0.5) is 18.9 Å². The summed E-state index contributed by atoms with van der Waals surface area (Å²) in [6.07, 6.45) is -1.83. The molecule has 0 radical (unpaired) electrons. The Morgan fingerprint density at radius 3 is 2.33 bits per heavy atom. The van der Waals surface area contributed by atoms with Crippen LogP contribution in [0.1, 0.15) is 16.2 Å². The largest absolute Gasteiger partial charge is 0.573 e. The second-order valence-electron chi connectivity index (χ2n) is 5.56. The first-order valence-corrected chi connectivity index (χ1v) is 7.87. The molecular weight excluding hydrogens is 359 g/mol. The minimum absolute atomic E-state index is 0.196. The number of hydrogen-bond donors (Lipinski definition) is 1. The zero-order valence-corrected chi connectivity index (χ0v) is 14.1. The third-order valence-corrected chi connectivity index (χ3v) is 3.67. The van der Waals surface area contributed by atoms with Gasteiger partial charge < -0.3 is 10.1 Å². The van der Waals surface area contributed by atoms with Gasteiger partial charge in [-0.25, -0.2) is 4.98 Å². The number of ether oxygens (including phenoxy) is 1. The number of carbonyl (C=O) groups is 1. The fraction of sp³-hybridized carbons (Fsp3) is 0.105. The zero-order valence-electron chi connectivity index (χ0n) is 14.1. The highest BCUT2D eigenvalue weighted by Gasteiger charge is 2.31. The molecule has 1 heterocycles. The molecule has 0 fully saturated rings. The number of alkyl halides is 3. The molecule has 2 aromatic carbocycles. The van der Waals surface area contributed by atoms with Gasteiger partial charge in [-0.05, 0) is 30.7 Å². The number of anilines is 1. The number of halogens is 3. The molecule has 0 aliphatic heterocycles. The molecule has 0 saturated carbocycles. The topological polar surface area (TPSA) is 64.1 Å². The van der Waals surface area contributed by atoms with Crippen LogP contribution in [0.3, 0.4) is 0 Å². The second-order valence-corrected chi connectivity index (χ2v) is 5.56. The Morgan fingerprint density at radius 2 is 1.67 bits per heavy atom. The van der Waals surface area contributed by atoms with Crippen molar-refractivity contribution in [2.45, 2.75) is 13.3 Å². The van der Waals surface area contributed by atoms with E-state index >= 15 is 0 Å². The predicted octanol–water partition coefficient (Wildman–Crippen LogP) is 4.60. The molecular formula is C19H14F3N3O2. The smallest absolute Gasteiger partial charge is 0.406 e. The molecule has 0 aliphatic carbocycles. The molecule has 0 saturated heterocycles. The zero-order chi connectivity index (χ0) is 19.4. The van der Waals surface area contributed by atoms with E-state index in [1.54, 1.807) is 31.2 Å². The van der Waals surface area contributed by atoms with E-state index in [-0.39, 0.29) is 11.4 Å². The van der Waals surface area contributed by atoms with Crippen LogP contribution in [0.15, 0.2) is 60.9 Å². The van der Waals surface area contributed by atoms with Crippen LogP contribution in [-0.4, -0.2) is 22.2 Å². The van der Waals surface area contributed by atoms with Crippen molar-refractivity contribution in [1.29, 1.82) is 0 Å². The van der Waals surface area contributed by atoms with Gasteiger partial charge in [0.2, 0.25) is 0 Å². The Labute approximate surface area is 152 Å². The summed E-state index contributed by atoms with van der Waals surface area (Å²) in [7, 11) is 0. The van der Waals surface area contributed by atoms with E-state index in [0.29, 0.717) is 22.5 Å². The maximum Gasteiger partial charge on any atom is 0.573 e. The van der Waals surface area contributed by atoms with E-state index in [4.69, 9.17) is 0 Å². The molecule has 3 rings (SSSR count).